The molecule has 6 heteroatoms. The number of nitrogens with one attached hydrogen (secondary N) is 1. The lowest BCUT2D eigenvalue weighted by atomic mass is 10.00. The Kier molecular flexibility index (Phi) is 4.55. The first-order valence-corrected chi connectivity index (χ1v) is 7.92. The Hall–Kier alpha value is -2.04. The maximum Gasteiger partial charge on any atom is 0.215 e. The summed E-state index contributed by atoms with van der Waals surface area (Å²) in [5.74, 6) is 0.209. The van der Waals surface area contributed by atoms with Gasteiger partial charge in [-0.25, -0.2) is 0 Å². The molecule has 0 saturated heterocycles. The van der Waals surface area contributed by atoms with Gasteiger partial charge in [0.25, 0.3) is 0 Å². The van der Waals surface area contributed by atoms with E-state index in [2.05, 4.69) is 10.3 Å². The first-order valence-electron chi connectivity index (χ1n) is 7.17. The van der Waals surface area contributed by atoms with E-state index in [1.807, 2.05) is 19.1 Å². The second kappa shape index (κ2) is 6.60. The van der Waals surface area contributed by atoms with Gasteiger partial charge in [-0.2, -0.15) is 0 Å². The number of carbonyl (C=O) groups is 1. The van der Waals surface area contributed by atoms with Crippen LogP contribution in [0.15, 0.2) is 48.5 Å². The molecule has 1 atom stereocenters. The predicted octanol–water partition coefficient (Wildman–Crippen LogP) is 4.01. The maximum absolute atomic E-state index is 12.9. The lowest BCUT2D eigenvalue weighted by molar-refractivity contribution is -0.120. The van der Waals surface area contributed by atoms with Gasteiger partial charge in [-0.15, -0.1) is 0 Å². The van der Waals surface area contributed by atoms with Crippen molar-refractivity contribution < 1.29 is 9.53 Å². The number of hydrogen-bond donors (Lipinski definition) is 1. The number of ketones is 1. The third-order valence-corrected chi connectivity index (χ3v) is 4.03. The summed E-state index contributed by atoms with van der Waals surface area (Å²) in [5.41, 5.74) is 1.50. The normalized spacial score (nSPS) is 17.3. The van der Waals surface area contributed by atoms with Crippen molar-refractivity contribution in [1.29, 1.82) is 0 Å². The van der Waals surface area contributed by atoms with Crippen molar-refractivity contribution in [1.82, 2.24) is 10.3 Å². The van der Waals surface area contributed by atoms with E-state index in [1.165, 1.54) is 0 Å². The third kappa shape index (κ3) is 3.05. The van der Waals surface area contributed by atoms with Crippen LogP contribution in [0.4, 0.5) is 0 Å². The van der Waals surface area contributed by atoms with Crippen LogP contribution in [-0.2, 0) is 9.53 Å². The van der Waals surface area contributed by atoms with Gasteiger partial charge >= 0.3 is 0 Å². The Morgan fingerprint density at radius 3 is 2.74 bits per heavy atom. The van der Waals surface area contributed by atoms with Crippen LogP contribution < -0.4 is 5.32 Å². The molecule has 0 saturated carbocycles. The van der Waals surface area contributed by atoms with Gasteiger partial charge in [-0.3, -0.25) is 9.78 Å². The standard InChI is InChI=1S/C17H14Cl2N2O2/c1-2-20-17-14(13-9-10(18)7-8-21-13)15(22)16(23-17)11-5-3-4-6-12(11)19/h3-9,16,20H,2H2,1H3. The summed E-state index contributed by atoms with van der Waals surface area (Å²) in [5, 5.41) is 4.07. The number of nitrogens with zero attached hydrogens (tertiary/aromatic N) is 1. The zero-order valence-electron chi connectivity index (χ0n) is 12.3. The van der Waals surface area contributed by atoms with E-state index in [1.54, 1.807) is 30.5 Å². The Morgan fingerprint density at radius 1 is 1.26 bits per heavy atom. The number of Topliss-reactive ketones (excluding diaryl/α,β-unsaturated/α-hetero) is 1. The molecule has 23 heavy (non-hydrogen) atoms. The zero-order valence-corrected chi connectivity index (χ0v) is 13.9. The lowest BCUT2D eigenvalue weighted by Gasteiger charge is -2.13. The number of rotatable bonds is 4. The number of hydrogen-bond acceptors (Lipinski definition) is 4. The summed E-state index contributed by atoms with van der Waals surface area (Å²) < 4.78 is 5.84. The Morgan fingerprint density at radius 2 is 2.04 bits per heavy atom. The maximum atomic E-state index is 12.9. The second-order valence-corrected chi connectivity index (χ2v) is 5.82. The zero-order chi connectivity index (χ0) is 16.4. The molecule has 1 N–H and O–H groups in total. The Bertz CT molecular complexity index is 790. The van der Waals surface area contributed by atoms with Crippen LogP contribution >= 0.6 is 23.2 Å². The van der Waals surface area contributed by atoms with Crippen LogP contribution in [-0.4, -0.2) is 17.3 Å². The molecular formula is C17H14Cl2N2O2. The first-order chi connectivity index (χ1) is 11.1. The molecule has 2 aromatic rings. The highest BCUT2D eigenvalue weighted by Gasteiger charge is 2.38. The molecule has 0 spiro atoms. The van der Waals surface area contributed by atoms with Crippen molar-refractivity contribution in [2.24, 2.45) is 0 Å². The molecule has 0 aliphatic carbocycles. The van der Waals surface area contributed by atoms with Gasteiger partial charge in [0.15, 0.2) is 6.10 Å². The lowest BCUT2D eigenvalue weighted by Crippen LogP contribution is -2.14. The molecule has 1 aliphatic heterocycles. The van der Waals surface area contributed by atoms with Crippen molar-refractivity contribution in [3.8, 4) is 0 Å². The molecule has 0 amide bonds. The fourth-order valence-electron chi connectivity index (χ4n) is 2.44. The van der Waals surface area contributed by atoms with Gasteiger partial charge in [0.2, 0.25) is 11.7 Å². The van der Waals surface area contributed by atoms with Crippen LogP contribution in [0.1, 0.15) is 24.3 Å². The van der Waals surface area contributed by atoms with Gasteiger partial charge < -0.3 is 10.1 Å². The molecule has 118 valence electrons. The topological polar surface area (TPSA) is 51.2 Å². The highest BCUT2D eigenvalue weighted by Crippen LogP contribution is 2.39. The number of pyridine rings is 1. The molecule has 1 aliphatic rings. The molecular weight excluding hydrogens is 335 g/mol. The molecule has 1 aromatic heterocycles. The number of halogens is 2. The van der Waals surface area contributed by atoms with Crippen molar-refractivity contribution >= 4 is 34.6 Å². The Balaban J connectivity index is 2.04. The summed E-state index contributed by atoms with van der Waals surface area (Å²) >= 11 is 12.2. The van der Waals surface area contributed by atoms with Crippen molar-refractivity contribution in [3.63, 3.8) is 0 Å². The molecule has 1 aromatic carbocycles. The average Bonchev–Trinajstić information content (AvgIpc) is 2.84. The largest absolute Gasteiger partial charge is 0.462 e. The minimum absolute atomic E-state index is 0.191. The van der Waals surface area contributed by atoms with E-state index in [-0.39, 0.29) is 5.78 Å². The molecule has 1 unspecified atom stereocenters. The predicted molar refractivity (Wildman–Crippen MR) is 90.1 cm³/mol. The van der Waals surface area contributed by atoms with E-state index >= 15 is 0 Å². The van der Waals surface area contributed by atoms with Gasteiger partial charge in [0.05, 0.1) is 5.69 Å². The van der Waals surface area contributed by atoms with Crippen molar-refractivity contribution in [2.45, 2.75) is 13.0 Å². The smallest absolute Gasteiger partial charge is 0.215 e. The van der Waals surface area contributed by atoms with Gasteiger partial charge in [0, 0.05) is 28.4 Å². The van der Waals surface area contributed by atoms with Crippen LogP contribution in [0.2, 0.25) is 10.0 Å². The minimum atomic E-state index is -0.784. The van der Waals surface area contributed by atoms with Crippen LogP contribution in [0, 0.1) is 0 Å². The van der Waals surface area contributed by atoms with E-state index in [0.29, 0.717) is 39.3 Å². The van der Waals surface area contributed by atoms with E-state index in [4.69, 9.17) is 27.9 Å². The van der Waals surface area contributed by atoms with Gasteiger partial charge in [-0.05, 0) is 25.1 Å². The van der Waals surface area contributed by atoms with Crippen molar-refractivity contribution in [2.75, 3.05) is 6.54 Å². The number of ether oxygens (including phenoxy) is 1. The monoisotopic (exact) mass is 348 g/mol. The van der Waals surface area contributed by atoms with Gasteiger partial charge in [0.1, 0.15) is 5.57 Å². The quantitative estimate of drug-likeness (QED) is 0.906. The number of aromatic nitrogens is 1. The van der Waals surface area contributed by atoms with Crippen molar-refractivity contribution in [3.05, 3.63) is 69.8 Å². The fraction of sp³-hybridized carbons (Fsp3) is 0.176. The van der Waals surface area contributed by atoms with Crippen LogP contribution in [0.3, 0.4) is 0 Å². The Labute approximate surface area is 144 Å². The summed E-state index contributed by atoms with van der Waals surface area (Å²) in [6.07, 6.45) is 0.776. The fourth-order valence-corrected chi connectivity index (χ4v) is 2.83. The highest BCUT2D eigenvalue weighted by molar-refractivity contribution is 6.33. The summed E-state index contributed by atoms with van der Waals surface area (Å²) in [4.78, 5) is 17.1. The molecule has 0 fully saturated rings. The molecule has 2 heterocycles. The highest BCUT2D eigenvalue weighted by atomic mass is 35.5. The molecule has 0 radical (unpaired) electrons. The summed E-state index contributed by atoms with van der Waals surface area (Å²) in [7, 11) is 0. The second-order valence-electron chi connectivity index (χ2n) is 4.98. The SMILES string of the molecule is CCNC1=C(c2cc(Cl)ccn2)C(=O)C(c2ccccc2Cl)O1. The van der Waals surface area contributed by atoms with E-state index in [0.717, 1.165) is 0 Å². The average molecular weight is 349 g/mol. The molecule has 4 nitrogen and oxygen atoms in total. The summed E-state index contributed by atoms with van der Waals surface area (Å²) in [6, 6.07) is 10.4. The summed E-state index contributed by atoms with van der Waals surface area (Å²) in [6.45, 7) is 2.54. The van der Waals surface area contributed by atoms with E-state index in [9.17, 15) is 4.79 Å². The first kappa shape index (κ1) is 15.8. The van der Waals surface area contributed by atoms with Crippen LogP contribution in [0.25, 0.3) is 5.57 Å². The van der Waals surface area contributed by atoms with E-state index < -0.39 is 6.10 Å². The number of benzene rings is 1. The van der Waals surface area contributed by atoms with Gasteiger partial charge in [-0.1, -0.05) is 41.4 Å². The van der Waals surface area contributed by atoms with Crippen LogP contribution in [0.5, 0.6) is 0 Å². The molecule has 3 rings (SSSR count). The molecule has 0 bridgehead atoms. The third-order valence-electron chi connectivity index (χ3n) is 3.45. The number of carbonyl (C=O) groups excluding carboxylic acids is 1. The minimum Gasteiger partial charge on any atom is -0.462 e.